The Balaban J connectivity index is 2.88. The minimum Gasteiger partial charge on any atom is -0.481 e. The lowest BCUT2D eigenvalue weighted by Crippen LogP contribution is -2.45. The molecule has 0 unspecified atom stereocenters. The topological polar surface area (TPSA) is 66.4 Å². The van der Waals surface area contributed by atoms with Crippen molar-refractivity contribution >= 4 is 27.8 Å². The monoisotopic (exact) mass is 313 g/mol. The van der Waals surface area contributed by atoms with E-state index >= 15 is 0 Å². The zero-order chi connectivity index (χ0) is 13.9. The third-order valence-corrected chi connectivity index (χ3v) is 2.98. The first-order valence-corrected chi connectivity index (χ1v) is 6.31. The fraction of sp³-hybridized carbons (Fsp3) is 0.385. The minimum atomic E-state index is -0.939. The van der Waals surface area contributed by atoms with Crippen LogP contribution in [0.5, 0.6) is 0 Å². The van der Waals surface area contributed by atoms with E-state index in [0.29, 0.717) is 5.56 Å². The third-order valence-electron chi connectivity index (χ3n) is 2.49. The van der Waals surface area contributed by atoms with E-state index in [1.165, 1.54) is 0 Å². The number of aliphatic carboxylic acids is 1. The Hall–Kier alpha value is -1.36. The van der Waals surface area contributed by atoms with Gasteiger partial charge in [0.1, 0.15) is 0 Å². The average Bonchev–Trinajstić information content (AvgIpc) is 2.18. The van der Waals surface area contributed by atoms with Crippen molar-refractivity contribution in [1.29, 1.82) is 0 Å². The summed E-state index contributed by atoms with van der Waals surface area (Å²) in [6, 6.07) is 5.42. The molecular formula is C13H16BrNO3. The van der Waals surface area contributed by atoms with Crippen molar-refractivity contribution in [3.63, 3.8) is 0 Å². The van der Waals surface area contributed by atoms with Crippen molar-refractivity contribution in [2.45, 2.75) is 32.7 Å². The van der Waals surface area contributed by atoms with Crippen LogP contribution in [-0.2, 0) is 4.79 Å². The van der Waals surface area contributed by atoms with Crippen LogP contribution in [0.4, 0.5) is 0 Å². The number of hydrogen-bond acceptors (Lipinski definition) is 2. The van der Waals surface area contributed by atoms with Crippen LogP contribution < -0.4 is 5.32 Å². The van der Waals surface area contributed by atoms with Gasteiger partial charge in [0.2, 0.25) is 0 Å². The Morgan fingerprint density at radius 3 is 2.56 bits per heavy atom. The first-order valence-electron chi connectivity index (χ1n) is 5.52. The molecule has 1 aromatic carbocycles. The molecule has 5 heteroatoms. The molecule has 18 heavy (non-hydrogen) atoms. The van der Waals surface area contributed by atoms with Gasteiger partial charge in [-0.05, 0) is 38.5 Å². The van der Waals surface area contributed by atoms with Crippen LogP contribution >= 0.6 is 15.9 Å². The summed E-state index contributed by atoms with van der Waals surface area (Å²) in [4.78, 5) is 22.8. The normalized spacial score (nSPS) is 11.1. The zero-order valence-electron chi connectivity index (χ0n) is 10.6. The number of halogens is 1. The Labute approximate surface area is 115 Å². The fourth-order valence-electron chi connectivity index (χ4n) is 1.64. The smallest absolute Gasteiger partial charge is 0.305 e. The number of amides is 1. The quantitative estimate of drug-likeness (QED) is 0.898. The molecule has 0 heterocycles. The van der Waals surface area contributed by atoms with Gasteiger partial charge in [0.15, 0.2) is 0 Å². The van der Waals surface area contributed by atoms with E-state index in [2.05, 4.69) is 21.2 Å². The summed E-state index contributed by atoms with van der Waals surface area (Å²) < 4.78 is 0.814. The van der Waals surface area contributed by atoms with Crippen LogP contribution in [0.25, 0.3) is 0 Å². The average molecular weight is 314 g/mol. The van der Waals surface area contributed by atoms with E-state index < -0.39 is 11.5 Å². The van der Waals surface area contributed by atoms with Crippen molar-refractivity contribution in [1.82, 2.24) is 5.32 Å². The van der Waals surface area contributed by atoms with Crippen LogP contribution in [0.2, 0.25) is 0 Å². The summed E-state index contributed by atoms with van der Waals surface area (Å²) >= 11 is 3.31. The number of rotatable bonds is 4. The number of carbonyl (C=O) groups is 2. The predicted octanol–water partition coefficient (Wildman–Crippen LogP) is 2.74. The van der Waals surface area contributed by atoms with Gasteiger partial charge in [-0.15, -0.1) is 0 Å². The largest absolute Gasteiger partial charge is 0.481 e. The number of benzene rings is 1. The van der Waals surface area contributed by atoms with Crippen LogP contribution in [-0.4, -0.2) is 22.5 Å². The maximum atomic E-state index is 12.1. The van der Waals surface area contributed by atoms with Gasteiger partial charge in [0, 0.05) is 15.6 Å². The predicted molar refractivity (Wildman–Crippen MR) is 72.7 cm³/mol. The second kappa shape index (κ2) is 5.52. The first-order chi connectivity index (χ1) is 8.21. The van der Waals surface area contributed by atoms with Crippen molar-refractivity contribution in [2.75, 3.05) is 0 Å². The molecule has 0 atom stereocenters. The van der Waals surface area contributed by atoms with Crippen molar-refractivity contribution in [3.05, 3.63) is 33.8 Å². The standard InChI is InChI=1S/C13H16BrNO3/c1-8-4-5-9(14)6-10(8)12(18)15-13(2,3)7-11(16)17/h4-6H,7H2,1-3H3,(H,15,18)(H,16,17). The summed E-state index contributed by atoms with van der Waals surface area (Å²) in [6.45, 7) is 5.21. The summed E-state index contributed by atoms with van der Waals surface area (Å²) in [5.74, 6) is -1.20. The Kier molecular flexibility index (Phi) is 4.51. The highest BCUT2D eigenvalue weighted by atomic mass is 79.9. The molecule has 1 rings (SSSR count). The highest BCUT2D eigenvalue weighted by Gasteiger charge is 2.25. The zero-order valence-corrected chi connectivity index (χ0v) is 12.2. The molecule has 98 valence electrons. The van der Waals surface area contributed by atoms with Gasteiger partial charge < -0.3 is 10.4 Å². The maximum absolute atomic E-state index is 12.1. The lowest BCUT2D eigenvalue weighted by molar-refractivity contribution is -0.138. The lowest BCUT2D eigenvalue weighted by Gasteiger charge is -2.24. The van der Waals surface area contributed by atoms with Crippen molar-refractivity contribution in [3.8, 4) is 0 Å². The van der Waals surface area contributed by atoms with Gasteiger partial charge in [0.25, 0.3) is 5.91 Å². The molecule has 0 aliphatic carbocycles. The number of carbonyl (C=O) groups excluding carboxylic acids is 1. The summed E-state index contributed by atoms with van der Waals surface area (Å²) in [6.07, 6.45) is -0.119. The van der Waals surface area contributed by atoms with Crippen LogP contribution in [0.1, 0.15) is 36.2 Å². The Morgan fingerprint density at radius 1 is 1.39 bits per heavy atom. The van der Waals surface area contributed by atoms with Crippen LogP contribution in [0.3, 0.4) is 0 Å². The second-order valence-electron chi connectivity index (χ2n) is 4.87. The molecule has 0 saturated heterocycles. The molecule has 0 aromatic heterocycles. The van der Waals surface area contributed by atoms with Crippen molar-refractivity contribution < 1.29 is 14.7 Å². The number of nitrogens with one attached hydrogen (secondary N) is 1. The molecule has 0 bridgehead atoms. The van der Waals surface area contributed by atoms with E-state index in [1.807, 2.05) is 19.1 Å². The number of carboxylic acids is 1. The maximum Gasteiger partial charge on any atom is 0.305 e. The van der Waals surface area contributed by atoms with Crippen molar-refractivity contribution in [2.24, 2.45) is 0 Å². The summed E-state index contributed by atoms with van der Waals surface area (Å²) in [5, 5.41) is 11.5. The molecule has 0 fully saturated rings. The highest BCUT2D eigenvalue weighted by molar-refractivity contribution is 9.10. The third kappa shape index (κ3) is 4.14. The van der Waals surface area contributed by atoms with E-state index in [-0.39, 0.29) is 12.3 Å². The molecule has 0 radical (unpaired) electrons. The number of hydrogen-bond donors (Lipinski definition) is 2. The fourth-order valence-corrected chi connectivity index (χ4v) is 2.00. The van der Waals surface area contributed by atoms with Crippen LogP contribution in [0, 0.1) is 6.92 Å². The molecule has 0 saturated carbocycles. The molecule has 0 spiro atoms. The van der Waals surface area contributed by atoms with Gasteiger partial charge in [-0.1, -0.05) is 22.0 Å². The SMILES string of the molecule is Cc1ccc(Br)cc1C(=O)NC(C)(C)CC(=O)O. The van der Waals surface area contributed by atoms with E-state index in [1.54, 1.807) is 19.9 Å². The summed E-state index contributed by atoms with van der Waals surface area (Å²) in [7, 11) is 0. The number of aryl methyl sites for hydroxylation is 1. The van der Waals surface area contributed by atoms with E-state index in [0.717, 1.165) is 10.0 Å². The minimum absolute atomic E-state index is 0.119. The van der Waals surface area contributed by atoms with Gasteiger partial charge in [-0.2, -0.15) is 0 Å². The van der Waals surface area contributed by atoms with Crippen LogP contribution in [0.15, 0.2) is 22.7 Å². The van der Waals surface area contributed by atoms with E-state index in [4.69, 9.17) is 5.11 Å². The number of carboxylic acid groups (broad SMARTS) is 1. The lowest BCUT2D eigenvalue weighted by atomic mass is 9.99. The highest BCUT2D eigenvalue weighted by Crippen LogP contribution is 2.17. The Morgan fingerprint density at radius 2 is 2.00 bits per heavy atom. The molecule has 1 amide bonds. The molecule has 0 aliphatic heterocycles. The Bertz CT molecular complexity index is 483. The molecule has 2 N–H and O–H groups in total. The molecule has 4 nitrogen and oxygen atoms in total. The molecule has 1 aromatic rings. The van der Waals surface area contributed by atoms with Gasteiger partial charge >= 0.3 is 5.97 Å². The van der Waals surface area contributed by atoms with Gasteiger partial charge in [0.05, 0.1) is 6.42 Å². The molecular weight excluding hydrogens is 298 g/mol. The molecule has 0 aliphatic rings. The summed E-state index contributed by atoms with van der Waals surface area (Å²) in [5.41, 5.74) is 0.613. The van der Waals surface area contributed by atoms with Gasteiger partial charge in [-0.3, -0.25) is 9.59 Å². The van der Waals surface area contributed by atoms with E-state index in [9.17, 15) is 9.59 Å². The van der Waals surface area contributed by atoms with Gasteiger partial charge in [-0.25, -0.2) is 0 Å². The first kappa shape index (κ1) is 14.7. The second-order valence-corrected chi connectivity index (χ2v) is 5.78.